The van der Waals surface area contributed by atoms with Gasteiger partial charge in [-0.25, -0.2) is 0 Å². The van der Waals surface area contributed by atoms with Gasteiger partial charge in [0.2, 0.25) is 0 Å². The molecule has 0 aliphatic carbocycles. The molecule has 1 fully saturated rings. The zero-order valence-corrected chi connectivity index (χ0v) is 12.6. The second-order valence-electron chi connectivity index (χ2n) is 4.51. The SMILES string of the molecule is C#CCO[C@@H]1OC[C@@H](OC(C)=O)[C@H](OC(C)=O)[C@H]1OC(C)=O. The summed E-state index contributed by atoms with van der Waals surface area (Å²) in [5, 5.41) is 0. The average molecular weight is 314 g/mol. The van der Waals surface area contributed by atoms with Gasteiger partial charge in [-0.05, 0) is 0 Å². The van der Waals surface area contributed by atoms with E-state index in [2.05, 4.69) is 5.92 Å². The van der Waals surface area contributed by atoms with Crippen LogP contribution in [0.5, 0.6) is 0 Å². The van der Waals surface area contributed by atoms with E-state index in [-0.39, 0.29) is 13.2 Å². The van der Waals surface area contributed by atoms with Crippen molar-refractivity contribution in [3.05, 3.63) is 0 Å². The molecule has 0 N–H and O–H groups in total. The summed E-state index contributed by atoms with van der Waals surface area (Å²) in [6.07, 6.45) is 0.999. The molecule has 0 unspecified atom stereocenters. The number of carbonyl (C=O) groups is 3. The summed E-state index contributed by atoms with van der Waals surface area (Å²) in [6, 6.07) is 0. The molecular formula is C14H18O8. The van der Waals surface area contributed by atoms with Crippen LogP contribution in [0.15, 0.2) is 0 Å². The van der Waals surface area contributed by atoms with Gasteiger partial charge >= 0.3 is 17.9 Å². The maximum absolute atomic E-state index is 11.3. The van der Waals surface area contributed by atoms with E-state index < -0.39 is 42.5 Å². The Balaban J connectivity index is 2.98. The Morgan fingerprint density at radius 1 is 1.05 bits per heavy atom. The number of carbonyl (C=O) groups excluding carboxylic acids is 3. The highest BCUT2D eigenvalue weighted by atomic mass is 16.7. The van der Waals surface area contributed by atoms with Crippen LogP contribution in [0.4, 0.5) is 0 Å². The Morgan fingerprint density at radius 3 is 2.09 bits per heavy atom. The van der Waals surface area contributed by atoms with E-state index in [1.54, 1.807) is 0 Å². The predicted molar refractivity (Wildman–Crippen MR) is 71.2 cm³/mol. The molecule has 0 amide bonds. The molecule has 0 aromatic rings. The van der Waals surface area contributed by atoms with Crippen molar-refractivity contribution in [1.82, 2.24) is 0 Å². The average Bonchev–Trinajstić information content (AvgIpc) is 2.40. The third kappa shape index (κ3) is 5.35. The number of hydrogen-bond donors (Lipinski definition) is 0. The van der Waals surface area contributed by atoms with Crippen LogP contribution in [0, 0.1) is 12.3 Å². The quantitative estimate of drug-likeness (QED) is 0.390. The second-order valence-corrected chi connectivity index (χ2v) is 4.51. The first-order valence-electron chi connectivity index (χ1n) is 6.53. The molecule has 0 radical (unpaired) electrons. The summed E-state index contributed by atoms with van der Waals surface area (Å²) in [5.74, 6) is 0.401. The third-order valence-electron chi connectivity index (χ3n) is 2.64. The van der Waals surface area contributed by atoms with E-state index >= 15 is 0 Å². The molecule has 0 bridgehead atoms. The Labute approximate surface area is 128 Å². The summed E-state index contributed by atoms with van der Waals surface area (Å²) < 4.78 is 25.9. The minimum atomic E-state index is -1.10. The fourth-order valence-electron chi connectivity index (χ4n) is 1.98. The molecule has 1 aliphatic heterocycles. The Kier molecular flexibility index (Phi) is 6.82. The van der Waals surface area contributed by atoms with Crippen LogP contribution >= 0.6 is 0 Å². The number of hydrogen-bond acceptors (Lipinski definition) is 8. The van der Waals surface area contributed by atoms with Gasteiger partial charge in [0, 0.05) is 20.8 Å². The Hall–Kier alpha value is -2.11. The molecule has 122 valence electrons. The van der Waals surface area contributed by atoms with Crippen LogP contribution in [0.25, 0.3) is 0 Å². The number of esters is 3. The largest absolute Gasteiger partial charge is 0.456 e. The maximum atomic E-state index is 11.3. The fourth-order valence-corrected chi connectivity index (χ4v) is 1.98. The molecule has 0 spiro atoms. The van der Waals surface area contributed by atoms with Gasteiger partial charge in [-0.2, -0.15) is 0 Å². The van der Waals surface area contributed by atoms with Crippen molar-refractivity contribution in [3.63, 3.8) is 0 Å². The van der Waals surface area contributed by atoms with Crippen molar-refractivity contribution in [2.45, 2.75) is 45.4 Å². The van der Waals surface area contributed by atoms with Gasteiger partial charge in [-0.15, -0.1) is 6.42 Å². The first-order chi connectivity index (χ1) is 10.3. The lowest BCUT2D eigenvalue weighted by atomic mass is 10.0. The van der Waals surface area contributed by atoms with E-state index in [4.69, 9.17) is 30.1 Å². The standard InChI is InChI=1S/C14H18O8/c1-5-6-18-14-13(22-10(4)17)12(21-9(3)16)11(7-19-14)20-8(2)15/h1,11-14H,6-7H2,2-4H3/t11-,12+,13-,14-/m1/s1. The predicted octanol–water partition coefficient (Wildman–Crippen LogP) is -0.212. The van der Waals surface area contributed by atoms with E-state index in [9.17, 15) is 14.4 Å². The lowest BCUT2D eigenvalue weighted by Gasteiger charge is -2.39. The molecule has 8 heteroatoms. The van der Waals surface area contributed by atoms with E-state index in [1.807, 2.05) is 0 Å². The minimum absolute atomic E-state index is 0.0898. The summed E-state index contributed by atoms with van der Waals surface area (Å²) in [4.78, 5) is 33.7. The zero-order valence-electron chi connectivity index (χ0n) is 12.6. The van der Waals surface area contributed by atoms with Crippen LogP contribution in [0.2, 0.25) is 0 Å². The summed E-state index contributed by atoms with van der Waals surface area (Å²) >= 11 is 0. The first-order valence-corrected chi connectivity index (χ1v) is 6.53. The number of terminal acetylenes is 1. The van der Waals surface area contributed by atoms with Gasteiger partial charge in [0.1, 0.15) is 6.61 Å². The van der Waals surface area contributed by atoms with Crippen molar-refractivity contribution >= 4 is 17.9 Å². The van der Waals surface area contributed by atoms with Gasteiger partial charge < -0.3 is 23.7 Å². The smallest absolute Gasteiger partial charge is 0.303 e. The Bertz CT molecular complexity index is 466. The molecule has 0 saturated carbocycles. The molecule has 1 heterocycles. The van der Waals surface area contributed by atoms with Crippen molar-refractivity contribution < 1.29 is 38.1 Å². The normalized spacial score (nSPS) is 27.4. The van der Waals surface area contributed by atoms with Gasteiger partial charge in [0.05, 0.1) is 6.61 Å². The highest BCUT2D eigenvalue weighted by Crippen LogP contribution is 2.25. The van der Waals surface area contributed by atoms with Gasteiger partial charge in [0.15, 0.2) is 24.6 Å². The number of rotatable bonds is 5. The van der Waals surface area contributed by atoms with Crippen LogP contribution in [-0.4, -0.2) is 55.7 Å². The third-order valence-corrected chi connectivity index (χ3v) is 2.64. The molecule has 1 rings (SSSR count). The molecule has 0 aromatic carbocycles. The van der Waals surface area contributed by atoms with Crippen LogP contribution < -0.4 is 0 Å². The van der Waals surface area contributed by atoms with Crippen LogP contribution in [0.1, 0.15) is 20.8 Å². The molecule has 8 nitrogen and oxygen atoms in total. The highest BCUT2D eigenvalue weighted by Gasteiger charge is 2.47. The van der Waals surface area contributed by atoms with Crippen molar-refractivity contribution in [1.29, 1.82) is 0 Å². The second kappa shape index (κ2) is 8.36. The first kappa shape index (κ1) is 17.9. The Morgan fingerprint density at radius 2 is 1.59 bits per heavy atom. The molecule has 0 aromatic heterocycles. The van der Waals surface area contributed by atoms with Gasteiger partial charge in [-0.1, -0.05) is 5.92 Å². The van der Waals surface area contributed by atoms with Crippen molar-refractivity contribution in [3.8, 4) is 12.3 Å². The summed E-state index contributed by atoms with van der Waals surface area (Å²) in [7, 11) is 0. The van der Waals surface area contributed by atoms with E-state index in [0.29, 0.717) is 0 Å². The van der Waals surface area contributed by atoms with Gasteiger partial charge in [0.25, 0.3) is 0 Å². The highest BCUT2D eigenvalue weighted by molar-refractivity contribution is 5.68. The summed E-state index contributed by atoms with van der Waals surface area (Å²) in [5.41, 5.74) is 0. The molecule has 1 aliphatic rings. The van der Waals surface area contributed by atoms with E-state index in [1.165, 1.54) is 20.8 Å². The molecule has 1 saturated heterocycles. The molecular weight excluding hydrogens is 296 g/mol. The molecule has 4 atom stereocenters. The monoisotopic (exact) mass is 314 g/mol. The summed E-state index contributed by atoms with van der Waals surface area (Å²) in [6.45, 7) is 3.38. The topological polar surface area (TPSA) is 97.4 Å². The fraction of sp³-hybridized carbons (Fsp3) is 0.643. The van der Waals surface area contributed by atoms with E-state index in [0.717, 1.165) is 0 Å². The zero-order chi connectivity index (χ0) is 16.7. The van der Waals surface area contributed by atoms with Crippen LogP contribution in [-0.2, 0) is 38.1 Å². The van der Waals surface area contributed by atoms with Crippen molar-refractivity contribution in [2.75, 3.05) is 13.2 Å². The minimum Gasteiger partial charge on any atom is -0.456 e. The molecule has 22 heavy (non-hydrogen) atoms. The maximum Gasteiger partial charge on any atom is 0.303 e. The lowest BCUT2D eigenvalue weighted by Crippen LogP contribution is -2.58. The van der Waals surface area contributed by atoms with Crippen LogP contribution in [0.3, 0.4) is 0 Å². The number of ether oxygens (including phenoxy) is 5. The van der Waals surface area contributed by atoms with Gasteiger partial charge in [-0.3, -0.25) is 14.4 Å². The van der Waals surface area contributed by atoms with Crippen molar-refractivity contribution in [2.24, 2.45) is 0 Å². The lowest BCUT2D eigenvalue weighted by molar-refractivity contribution is -0.277.